The lowest BCUT2D eigenvalue weighted by molar-refractivity contribution is 0.0631. The molecule has 0 saturated carbocycles. The molecule has 1 aliphatic heterocycles. The molecular formula is C18H23FN4O. The Kier molecular flexibility index (Phi) is 4.94. The molecule has 1 aliphatic rings. The van der Waals surface area contributed by atoms with E-state index in [1.807, 2.05) is 11.6 Å². The zero-order chi connectivity index (χ0) is 17.1. The number of hydrogen-bond donors (Lipinski definition) is 0. The van der Waals surface area contributed by atoms with Crippen molar-refractivity contribution in [3.05, 3.63) is 53.1 Å². The lowest BCUT2D eigenvalue weighted by Gasteiger charge is -2.34. The second-order valence-corrected chi connectivity index (χ2v) is 6.29. The fourth-order valence-corrected chi connectivity index (χ4v) is 3.12. The minimum Gasteiger partial charge on any atom is -0.336 e. The normalized spacial score (nSPS) is 15.7. The summed E-state index contributed by atoms with van der Waals surface area (Å²) in [4.78, 5) is 16.6. The molecule has 0 atom stereocenters. The third-order valence-corrected chi connectivity index (χ3v) is 4.46. The van der Waals surface area contributed by atoms with Gasteiger partial charge in [-0.15, -0.1) is 0 Å². The summed E-state index contributed by atoms with van der Waals surface area (Å²) in [5, 5.41) is 4.48. The van der Waals surface area contributed by atoms with Crippen LogP contribution in [-0.4, -0.2) is 58.2 Å². The molecule has 5 nitrogen and oxygen atoms in total. The molecule has 1 aromatic carbocycles. The van der Waals surface area contributed by atoms with Crippen LogP contribution in [0.3, 0.4) is 0 Å². The zero-order valence-electron chi connectivity index (χ0n) is 14.2. The summed E-state index contributed by atoms with van der Waals surface area (Å²) in [6.45, 7) is 8.86. The molecule has 0 unspecified atom stereocenters. The number of nitrogens with zero attached hydrogens (tertiary/aromatic N) is 4. The highest BCUT2D eigenvalue weighted by Crippen LogP contribution is 2.11. The van der Waals surface area contributed by atoms with E-state index < -0.39 is 0 Å². The van der Waals surface area contributed by atoms with Gasteiger partial charge in [0.25, 0.3) is 5.91 Å². The second-order valence-electron chi connectivity index (χ2n) is 6.29. The monoisotopic (exact) mass is 330 g/mol. The molecule has 0 N–H and O–H groups in total. The molecular weight excluding hydrogens is 307 g/mol. The predicted octanol–water partition coefficient (Wildman–Crippen LogP) is 2.10. The summed E-state index contributed by atoms with van der Waals surface area (Å²) in [6, 6.07) is 7.98. The Morgan fingerprint density at radius 2 is 1.88 bits per heavy atom. The van der Waals surface area contributed by atoms with Gasteiger partial charge in [-0.1, -0.05) is 6.07 Å². The Balaban J connectivity index is 1.50. The minimum atomic E-state index is -0.371. The van der Waals surface area contributed by atoms with Gasteiger partial charge in [0.1, 0.15) is 5.82 Å². The van der Waals surface area contributed by atoms with Crippen molar-refractivity contribution in [1.29, 1.82) is 0 Å². The first-order valence-electron chi connectivity index (χ1n) is 8.31. The van der Waals surface area contributed by atoms with Gasteiger partial charge in [0.05, 0.1) is 12.2 Å². The average molecular weight is 330 g/mol. The molecule has 0 spiro atoms. The first-order valence-corrected chi connectivity index (χ1v) is 8.31. The third kappa shape index (κ3) is 3.82. The fourth-order valence-electron chi connectivity index (χ4n) is 3.12. The maximum absolute atomic E-state index is 13.3. The largest absolute Gasteiger partial charge is 0.336 e. The molecule has 0 radical (unpaired) electrons. The van der Waals surface area contributed by atoms with Gasteiger partial charge < -0.3 is 4.90 Å². The van der Waals surface area contributed by atoms with Crippen molar-refractivity contribution in [2.45, 2.75) is 20.4 Å². The Morgan fingerprint density at radius 3 is 2.50 bits per heavy atom. The highest BCUT2D eigenvalue weighted by atomic mass is 19.1. The molecule has 24 heavy (non-hydrogen) atoms. The number of carbonyl (C=O) groups excluding carboxylic acids is 1. The quantitative estimate of drug-likeness (QED) is 0.862. The summed E-state index contributed by atoms with van der Waals surface area (Å²) >= 11 is 0. The van der Waals surface area contributed by atoms with Gasteiger partial charge in [-0.2, -0.15) is 5.10 Å². The molecule has 128 valence electrons. The number of hydrogen-bond acceptors (Lipinski definition) is 3. The van der Waals surface area contributed by atoms with Crippen molar-refractivity contribution in [2.24, 2.45) is 0 Å². The van der Waals surface area contributed by atoms with E-state index in [0.29, 0.717) is 18.7 Å². The van der Waals surface area contributed by atoms with Gasteiger partial charge in [0, 0.05) is 44.0 Å². The predicted molar refractivity (Wildman–Crippen MR) is 90.4 cm³/mol. The number of carbonyl (C=O) groups is 1. The Bertz CT molecular complexity index is 720. The van der Waals surface area contributed by atoms with Crippen molar-refractivity contribution in [2.75, 3.05) is 32.7 Å². The van der Waals surface area contributed by atoms with Crippen LogP contribution in [0.1, 0.15) is 21.7 Å². The minimum absolute atomic E-state index is 0.0901. The highest BCUT2D eigenvalue weighted by Gasteiger charge is 2.22. The van der Waals surface area contributed by atoms with E-state index in [0.717, 1.165) is 31.9 Å². The van der Waals surface area contributed by atoms with E-state index in [2.05, 4.69) is 23.0 Å². The number of amides is 1. The van der Waals surface area contributed by atoms with Crippen molar-refractivity contribution in [3.8, 4) is 0 Å². The van der Waals surface area contributed by atoms with Crippen LogP contribution in [0, 0.1) is 19.7 Å². The van der Waals surface area contributed by atoms with Crippen LogP contribution >= 0.6 is 0 Å². The number of benzene rings is 1. The van der Waals surface area contributed by atoms with Gasteiger partial charge in [-0.05, 0) is 38.1 Å². The molecule has 1 saturated heterocycles. The molecule has 1 amide bonds. The van der Waals surface area contributed by atoms with Crippen LogP contribution in [-0.2, 0) is 6.54 Å². The smallest absolute Gasteiger partial charge is 0.254 e. The van der Waals surface area contributed by atoms with Gasteiger partial charge in [-0.25, -0.2) is 4.39 Å². The summed E-state index contributed by atoms with van der Waals surface area (Å²) in [5.41, 5.74) is 2.64. The average Bonchev–Trinajstić information content (AvgIpc) is 2.90. The van der Waals surface area contributed by atoms with Crippen molar-refractivity contribution in [3.63, 3.8) is 0 Å². The Morgan fingerprint density at radius 1 is 1.12 bits per heavy atom. The molecule has 3 rings (SSSR count). The van der Waals surface area contributed by atoms with Gasteiger partial charge in [0.15, 0.2) is 0 Å². The van der Waals surface area contributed by atoms with E-state index in [1.54, 1.807) is 17.0 Å². The van der Waals surface area contributed by atoms with Gasteiger partial charge in [0.2, 0.25) is 0 Å². The van der Waals surface area contributed by atoms with Crippen LogP contribution in [0.4, 0.5) is 4.39 Å². The molecule has 0 aliphatic carbocycles. The molecule has 2 aromatic rings. The number of piperazine rings is 1. The number of aromatic nitrogens is 2. The molecule has 2 heterocycles. The van der Waals surface area contributed by atoms with Crippen molar-refractivity contribution >= 4 is 5.91 Å². The standard InChI is InChI=1S/C18H23FN4O/c1-14-12-15(2)23(20-14)11-8-21-6-9-22(10-7-21)18(24)16-4-3-5-17(19)13-16/h3-5,12-13H,6-11H2,1-2H3. The van der Waals surface area contributed by atoms with Crippen molar-refractivity contribution in [1.82, 2.24) is 19.6 Å². The highest BCUT2D eigenvalue weighted by molar-refractivity contribution is 5.94. The van der Waals surface area contributed by atoms with E-state index in [-0.39, 0.29) is 11.7 Å². The summed E-state index contributed by atoms with van der Waals surface area (Å²) in [5.74, 6) is -0.461. The molecule has 1 aromatic heterocycles. The number of rotatable bonds is 4. The van der Waals surface area contributed by atoms with Crippen LogP contribution < -0.4 is 0 Å². The van der Waals surface area contributed by atoms with Crippen molar-refractivity contribution < 1.29 is 9.18 Å². The molecule has 6 heteroatoms. The summed E-state index contributed by atoms with van der Waals surface area (Å²) in [7, 11) is 0. The van der Waals surface area contributed by atoms with Crippen LogP contribution in [0.2, 0.25) is 0 Å². The van der Waals surface area contributed by atoms with E-state index in [9.17, 15) is 9.18 Å². The summed E-state index contributed by atoms with van der Waals surface area (Å²) < 4.78 is 15.3. The lowest BCUT2D eigenvalue weighted by Crippen LogP contribution is -2.49. The third-order valence-electron chi connectivity index (χ3n) is 4.46. The molecule has 1 fully saturated rings. The lowest BCUT2D eigenvalue weighted by atomic mass is 10.1. The maximum Gasteiger partial charge on any atom is 0.254 e. The molecule has 0 bridgehead atoms. The van der Waals surface area contributed by atoms with Crippen LogP contribution in [0.5, 0.6) is 0 Å². The van der Waals surface area contributed by atoms with E-state index in [4.69, 9.17) is 0 Å². The van der Waals surface area contributed by atoms with E-state index in [1.165, 1.54) is 17.8 Å². The fraction of sp³-hybridized carbons (Fsp3) is 0.444. The summed E-state index contributed by atoms with van der Waals surface area (Å²) in [6.07, 6.45) is 0. The Labute approximate surface area is 141 Å². The number of halogens is 1. The van der Waals surface area contributed by atoms with Crippen LogP contribution in [0.25, 0.3) is 0 Å². The van der Waals surface area contributed by atoms with Gasteiger partial charge in [-0.3, -0.25) is 14.4 Å². The number of aryl methyl sites for hydroxylation is 2. The first-order chi connectivity index (χ1) is 11.5. The van der Waals surface area contributed by atoms with Gasteiger partial charge >= 0.3 is 0 Å². The maximum atomic E-state index is 13.3. The van der Waals surface area contributed by atoms with Crippen LogP contribution in [0.15, 0.2) is 30.3 Å². The first kappa shape index (κ1) is 16.6. The second kappa shape index (κ2) is 7.13. The van der Waals surface area contributed by atoms with E-state index >= 15 is 0 Å². The SMILES string of the molecule is Cc1cc(C)n(CCN2CCN(C(=O)c3cccc(F)c3)CC2)n1. The zero-order valence-corrected chi connectivity index (χ0v) is 14.2. The Hall–Kier alpha value is -2.21. The topological polar surface area (TPSA) is 41.4 Å².